The van der Waals surface area contributed by atoms with Crippen LogP contribution >= 0.6 is 11.6 Å². The van der Waals surface area contributed by atoms with Crippen LogP contribution in [0, 0.1) is 0 Å². The Kier molecular flexibility index (Phi) is 6.40. The molecule has 4 nitrogen and oxygen atoms in total. The molecule has 3 rings (SSSR count). The lowest BCUT2D eigenvalue weighted by molar-refractivity contribution is -0.131. The summed E-state index contributed by atoms with van der Waals surface area (Å²) < 4.78 is 0. The van der Waals surface area contributed by atoms with Crippen molar-refractivity contribution in [2.24, 2.45) is 0 Å². The largest absolute Gasteiger partial charge is 0.371 e. The summed E-state index contributed by atoms with van der Waals surface area (Å²) in [5.41, 5.74) is 2.31. The Morgan fingerprint density at radius 3 is 2.42 bits per heavy atom. The van der Waals surface area contributed by atoms with Gasteiger partial charge >= 0.3 is 0 Å². The van der Waals surface area contributed by atoms with Gasteiger partial charge in [0, 0.05) is 62.1 Å². The summed E-state index contributed by atoms with van der Waals surface area (Å²) in [4.78, 5) is 19.1. The maximum Gasteiger partial charge on any atom is 0.224 e. The number of benzene rings is 2. The number of halogens is 1. The number of rotatable bonds is 6. The molecule has 0 spiro atoms. The predicted octanol–water partition coefficient (Wildman–Crippen LogP) is 3.91. The molecule has 0 radical (unpaired) electrons. The Bertz CT molecular complexity index is 714. The van der Waals surface area contributed by atoms with E-state index >= 15 is 0 Å². The predicted molar refractivity (Wildman–Crippen MR) is 109 cm³/mol. The highest BCUT2D eigenvalue weighted by Crippen LogP contribution is 2.21. The summed E-state index contributed by atoms with van der Waals surface area (Å²) in [6.45, 7) is 7.02. The maximum atomic E-state index is 12.6. The van der Waals surface area contributed by atoms with E-state index in [9.17, 15) is 4.79 Å². The first kappa shape index (κ1) is 18.6. The summed E-state index contributed by atoms with van der Waals surface area (Å²) >= 11 is 6.08. The van der Waals surface area contributed by atoms with Gasteiger partial charge in [-0.2, -0.15) is 0 Å². The van der Waals surface area contributed by atoms with E-state index in [0.29, 0.717) is 6.42 Å². The fraction of sp³-hybridized carbons (Fsp3) is 0.381. The third-order valence-corrected chi connectivity index (χ3v) is 5.14. The zero-order valence-corrected chi connectivity index (χ0v) is 16.0. The van der Waals surface area contributed by atoms with E-state index in [1.54, 1.807) is 0 Å². The van der Waals surface area contributed by atoms with Gasteiger partial charge in [-0.15, -0.1) is 0 Å². The molecule has 1 saturated heterocycles. The maximum absolute atomic E-state index is 12.6. The van der Waals surface area contributed by atoms with E-state index in [2.05, 4.69) is 34.9 Å². The molecule has 138 valence electrons. The van der Waals surface area contributed by atoms with Gasteiger partial charge in [-0.3, -0.25) is 4.79 Å². The first-order valence-corrected chi connectivity index (χ1v) is 9.63. The van der Waals surface area contributed by atoms with Gasteiger partial charge in [0.05, 0.1) is 0 Å². The second-order valence-electron chi connectivity index (χ2n) is 6.51. The number of hydrogen-bond acceptors (Lipinski definition) is 3. The highest BCUT2D eigenvalue weighted by molar-refractivity contribution is 6.30. The molecule has 2 aromatic carbocycles. The number of carbonyl (C=O) groups is 1. The smallest absolute Gasteiger partial charge is 0.224 e. The highest BCUT2D eigenvalue weighted by Gasteiger charge is 2.21. The van der Waals surface area contributed by atoms with Crippen molar-refractivity contribution in [3.63, 3.8) is 0 Å². The monoisotopic (exact) mass is 371 g/mol. The topological polar surface area (TPSA) is 26.8 Å². The zero-order valence-electron chi connectivity index (χ0n) is 15.3. The van der Waals surface area contributed by atoms with Crippen LogP contribution in [0.25, 0.3) is 0 Å². The molecule has 0 N–H and O–H groups in total. The molecule has 0 bridgehead atoms. The van der Waals surface area contributed by atoms with E-state index in [4.69, 9.17) is 11.6 Å². The Morgan fingerprint density at radius 2 is 1.77 bits per heavy atom. The average molecular weight is 372 g/mol. The molecule has 1 aliphatic heterocycles. The number of piperazine rings is 1. The van der Waals surface area contributed by atoms with Gasteiger partial charge in [-0.05, 0) is 37.3 Å². The Balaban J connectivity index is 1.49. The van der Waals surface area contributed by atoms with Crippen molar-refractivity contribution in [1.82, 2.24) is 4.90 Å². The number of para-hydroxylation sites is 1. The van der Waals surface area contributed by atoms with Gasteiger partial charge in [0.1, 0.15) is 0 Å². The lowest BCUT2D eigenvalue weighted by Gasteiger charge is -2.36. The minimum Gasteiger partial charge on any atom is -0.371 e. The van der Waals surface area contributed by atoms with Gasteiger partial charge in [0.2, 0.25) is 5.91 Å². The summed E-state index contributed by atoms with van der Waals surface area (Å²) in [6, 6.07) is 18.2. The van der Waals surface area contributed by atoms with Crippen molar-refractivity contribution < 1.29 is 4.79 Å². The van der Waals surface area contributed by atoms with Crippen LogP contribution in [0.15, 0.2) is 54.6 Å². The molecule has 0 saturated carbocycles. The minimum absolute atomic E-state index is 0.241. The average Bonchev–Trinajstić information content (AvgIpc) is 2.69. The first-order valence-electron chi connectivity index (χ1n) is 9.25. The van der Waals surface area contributed by atoms with E-state index in [-0.39, 0.29) is 5.91 Å². The van der Waals surface area contributed by atoms with Crippen molar-refractivity contribution in [2.45, 2.75) is 13.3 Å². The molecule has 1 fully saturated rings. The normalized spacial score (nSPS) is 14.4. The molecule has 0 atom stereocenters. The van der Waals surface area contributed by atoms with Crippen LogP contribution in [0.2, 0.25) is 5.02 Å². The molecule has 1 amide bonds. The van der Waals surface area contributed by atoms with Gasteiger partial charge in [0.25, 0.3) is 0 Å². The molecule has 5 heteroatoms. The molecular weight excluding hydrogens is 346 g/mol. The van der Waals surface area contributed by atoms with E-state index < -0.39 is 0 Å². The molecule has 1 aliphatic rings. The molecule has 0 aromatic heterocycles. The molecule has 26 heavy (non-hydrogen) atoms. The Morgan fingerprint density at radius 1 is 1.04 bits per heavy atom. The van der Waals surface area contributed by atoms with E-state index in [1.165, 1.54) is 5.69 Å². The van der Waals surface area contributed by atoms with Crippen LogP contribution in [0.5, 0.6) is 0 Å². The summed E-state index contributed by atoms with van der Waals surface area (Å²) in [7, 11) is 0. The Hall–Kier alpha value is -2.20. The van der Waals surface area contributed by atoms with Gasteiger partial charge in [0.15, 0.2) is 0 Å². The lowest BCUT2D eigenvalue weighted by atomic mass is 10.2. The van der Waals surface area contributed by atoms with Crippen LogP contribution in [0.4, 0.5) is 11.4 Å². The van der Waals surface area contributed by atoms with Crippen molar-refractivity contribution in [3.8, 4) is 0 Å². The van der Waals surface area contributed by atoms with Crippen molar-refractivity contribution in [1.29, 1.82) is 0 Å². The fourth-order valence-electron chi connectivity index (χ4n) is 3.38. The van der Waals surface area contributed by atoms with Crippen LogP contribution in [0.1, 0.15) is 13.3 Å². The first-order chi connectivity index (χ1) is 12.7. The van der Waals surface area contributed by atoms with Crippen LogP contribution in [-0.4, -0.2) is 50.1 Å². The second kappa shape index (κ2) is 8.95. The third kappa shape index (κ3) is 4.70. The third-order valence-electron chi connectivity index (χ3n) is 4.90. The van der Waals surface area contributed by atoms with Crippen LogP contribution in [-0.2, 0) is 4.79 Å². The SMILES string of the molecule is CCN(CCC(=O)N1CCN(c2cccc(Cl)c2)CC1)c1ccccc1. The van der Waals surface area contributed by atoms with Crippen molar-refractivity contribution in [3.05, 3.63) is 59.6 Å². The van der Waals surface area contributed by atoms with E-state index in [0.717, 1.165) is 50.0 Å². The molecule has 0 unspecified atom stereocenters. The highest BCUT2D eigenvalue weighted by atomic mass is 35.5. The second-order valence-corrected chi connectivity index (χ2v) is 6.95. The quantitative estimate of drug-likeness (QED) is 0.770. The summed E-state index contributed by atoms with van der Waals surface area (Å²) in [6.07, 6.45) is 0.555. The van der Waals surface area contributed by atoms with E-state index in [1.807, 2.05) is 41.3 Å². The zero-order chi connectivity index (χ0) is 18.4. The van der Waals surface area contributed by atoms with Gasteiger partial charge in [-0.25, -0.2) is 0 Å². The van der Waals surface area contributed by atoms with Crippen LogP contribution in [0.3, 0.4) is 0 Å². The number of hydrogen-bond donors (Lipinski definition) is 0. The molecule has 1 heterocycles. The standard InChI is InChI=1S/C21H26ClN3O/c1-2-23(19-8-4-3-5-9-19)12-11-21(26)25-15-13-24(14-16-25)20-10-6-7-18(22)17-20/h3-10,17H,2,11-16H2,1H3. The number of anilines is 2. The molecular formula is C21H26ClN3O. The Labute approximate surface area is 161 Å². The fourth-order valence-corrected chi connectivity index (χ4v) is 3.57. The summed E-state index contributed by atoms with van der Waals surface area (Å²) in [5.74, 6) is 0.241. The van der Waals surface area contributed by atoms with Crippen molar-refractivity contribution >= 4 is 28.9 Å². The molecule has 2 aromatic rings. The number of nitrogens with zero attached hydrogens (tertiary/aromatic N) is 3. The number of carbonyl (C=O) groups excluding carboxylic acids is 1. The van der Waals surface area contributed by atoms with Gasteiger partial charge < -0.3 is 14.7 Å². The number of amides is 1. The lowest BCUT2D eigenvalue weighted by Crippen LogP contribution is -2.49. The van der Waals surface area contributed by atoms with Crippen molar-refractivity contribution in [2.75, 3.05) is 49.1 Å². The van der Waals surface area contributed by atoms with Gasteiger partial charge in [-0.1, -0.05) is 35.9 Å². The molecule has 0 aliphatic carbocycles. The summed E-state index contributed by atoms with van der Waals surface area (Å²) in [5, 5.41) is 0.751. The van der Waals surface area contributed by atoms with Crippen LogP contribution < -0.4 is 9.80 Å². The minimum atomic E-state index is 0.241.